The number of carbonyl (C=O) groups is 1. The molecule has 140 valence electrons. The smallest absolute Gasteiger partial charge is 0.347 e. The van der Waals surface area contributed by atoms with Crippen LogP contribution in [0.2, 0.25) is 0 Å². The molecule has 3 rings (SSSR count). The first kappa shape index (κ1) is 18.4. The minimum atomic E-state index is -4.58. The van der Waals surface area contributed by atoms with Crippen molar-refractivity contribution in [1.29, 1.82) is 0 Å². The first-order valence-electron chi connectivity index (χ1n) is 8.22. The number of nitrogens with zero attached hydrogens (tertiary/aromatic N) is 2. The molecule has 1 aromatic carbocycles. The zero-order chi connectivity index (χ0) is 18.7. The molecule has 26 heavy (non-hydrogen) atoms. The zero-order valence-corrected chi connectivity index (χ0v) is 13.8. The highest BCUT2D eigenvalue weighted by atomic mass is 19.4. The van der Waals surface area contributed by atoms with Crippen LogP contribution in [0.4, 0.5) is 17.6 Å². The summed E-state index contributed by atoms with van der Waals surface area (Å²) < 4.78 is 51.5. The summed E-state index contributed by atoms with van der Waals surface area (Å²) in [4.78, 5) is 14.1. The zero-order valence-electron chi connectivity index (χ0n) is 13.8. The number of aromatic amines is 1. The first-order valence-corrected chi connectivity index (χ1v) is 8.22. The highest BCUT2D eigenvalue weighted by Crippen LogP contribution is 2.27. The van der Waals surface area contributed by atoms with Crippen LogP contribution in [0.15, 0.2) is 30.3 Å². The number of alkyl halides is 3. The lowest BCUT2D eigenvalue weighted by Gasteiger charge is -2.33. The minimum Gasteiger partial charge on any atom is -0.347 e. The number of amides is 1. The van der Waals surface area contributed by atoms with Crippen LogP contribution in [-0.4, -0.2) is 40.1 Å². The SMILES string of the molecule is O=C(NC1CCCN(Cc2ccccc2F)C1)c1cc(C(F)(F)F)[nH]n1. The molecule has 1 atom stereocenters. The van der Waals surface area contributed by atoms with Gasteiger partial charge in [0.05, 0.1) is 0 Å². The van der Waals surface area contributed by atoms with Crippen LogP contribution in [0.25, 0.3) is 0 Å². The van der Waals surface area contributed by atoms with E-state index in [1.807, 2.05) is 10.00 Å². The molecule has 1 saturated heterocycles. The summed E-state index contributed by atoms with van der Waals surface area (Å²) in [5, 5.41) is 7.96. The fourth-order valence-electron chi connectivity index (χ4n) is 3.03. The molecular weight excluding hydrogens is 352 g/mol. The normalized spacial score (nSPS) is 18.7. The maximum Gasteiger partial charge on any atom is 0.432 e. The van der Waals surface area contributed by atoms with E-state index < -0.39 is 17.8 Å². The number of halogens is 4. The summed E-state index contributed by atoms with van der Waals surface area (Å²) in [5.74, 6) is -0.940. The molecule has 1 unspecified atom stereocenters. The number of rotatable bonds is 4. The number of likely N-dealkylation sites (tertiary alicyclic amines) is 1. The number of H-pyrrole nitrogens is 1. The molecule has 1 fully saturated rings. The van der Waals surface area contributed by atoms with Crippen LogP contribution >= 0.6 is 0 Å². The summed E-state index contributed by atoms with van der Waals surface area (Å²) in [5.41, 5.74) is -0.794. The number of carbonyl (C=O) groups excluding carboxylic acids is 1. The first-order chi connectivity index (χ1) is 12.3. The maximum absolute atomic E-state index is 13.8. The number of hydrogen-bond acceptors (Lipinski definition) is 3. The summed E-state index contributed by atoms with van der Waals surface area (Å²) in [6.07, 6.45) is -3.07. The van der Waals surface area contributed by atoms with Crippen molar-refractivity contribution in [3.8, 4) is 0 Å². The monoisotopic (exact) mass is 370 g/mol. The van der Waals surface area contributed by atoms with Crippen molar-refractivity contribution < 1.29 is 22.4 Å². The fraction of sp³-hybridized carbons (Fsp3) is 0.412. The van der Waals surface area contributed by atoms with Gasteiger partial charge >= 0.3 is 6.18 Å². The Morgan fingerprint density at radius 1 is 1.35 bits per heavy atom. The molecule has 1 aromatic heterocycles. The molecule has 1 aliphatic heterocycles. The van der Waals surface area contributed by atoms with Gasteiger partial charge in [0.1, 0.15) is 11.5 Å². The molecule has 2 N–H and O–H groups in total. The Kier molecular flexibility index (Phi) is 5.26. The van der Waals surface area contributed by atoms with Gasteiger partial charge in [-0.3, -0.25) is 14.8 Å². The largest absolute Gasteiger partial charge is 0.432 e. The lowest BCUT2D eigenvalue weighted by Crippen LogP contribution is -2.47. The van der Waals surface area contributed by atoms with E-state index in [0.717, 1.165) is 13.0 Å². The Hall–Kier alpha value is -2.42. The van der Waals surface area contributed by atoms with Gasteiger partial charge in [-0.1, -0.05) is 18.2 Å². The van der Waals surface area contributed by atoms with Gasteiger partial charge in [0.15, 0.2) is 5.69 Å². The lowest BCUT2D eigenvalue weighted by atomic mass is 10.0. The third-order valence-electron chi connectivity index (χ3n) is 4.31. The van der Waals surface area contributed by atoms with Crippen LogP contribution < -0.4 is 5.32 Å². The molecule has 1 amide bonds. The average Bonchev–Trinajstić information content (AvgIpc) is 3.08. The van der Waals surface area contributed by atoms with E-state index in [0.29, 0.717) is 31.1 Å². The fourth-order valence-corrected chi connectivity index (χ4v) is 3.03. The van der Waals surface area contributed by atoms with Crippen molar-refractivity contribution in [2.45, 2.75) is 31.6 Å². The molecule has 1 aliphatic rings. The third kappa shape index (κ3) is 4.40. The van der Waals surface area contributed by atoms with E-state index >= 15 is 0 Å². The van der Waals surface area contributed by atoms with Gasteiger partial charge in [0.2, 0.25) is 0 Å². The van der Waals surface area contributed by atoms with Crippen LogP contribution in [0.5, 0.6) is 0 Å². The van der Waals surface area contributed by atoms with Gasteiger partial charge in [0, 0.05) is 30.8 Å². The van der Waals surface area contributed by atoms with Gasteiger partial charge < -0.3 is 5.32 Å². The van der Waals surface area contributed by atoms with Crippen molar-refractivity contribution in [3.63, 3.8) is 0 Å². The summed E-state index contributed by atoms with van der Waals surface area (Å²) >= 11 is 0. The average molecular weight is 370 g/mol. The molecule has 0 radical (unpaired) electrons. The summed E-state index contributed by atoms with van der Waals surface area (Å²) in [7, 11) is 0. The van der Waals surface area contributed by atoms with Crippen molar-refractivity contribution in [1.82, 2.24) is 20.4 Å². The highest BCUT2D eigenvalue weighted by molar-refractivity contribution is 5.92. The Bertz CT molecular complexity index is 774. The molecule has 9 heteroatoms. The van der Waals surface area contributed by atoms with Crippen LogP contribution in [0, 0.1) is 5.82 Å². The van der Waals surface area contributed by atoms with E-state index in [9.17, 15) is 22.4 Å². The van der Waals surface area contributed by atoms with E-state index in [4.69, 9.17) is 0 Å². The number of piperidine rings is 1. The maximum atomic E-state index is 13.8. The second kappa shape index (κ2) is 7.45. The predicted octanol–water partition coefficient (Wildman–Crippen LogP) is 2.96. The quantitative estimate of drug-likeness (QED) is 0.814. The molecule has 0 saturated carbocycles. The molecule has 5 nitrogen and oxygen atoms in total. The standard InChI is InChI=1S/C17H18F4N4O/c18-13-6-2-1-4-11(13)9-25-7-3-5-12(10-25)22-16(26)14-8-15(24-23-14)17(19,20)21/h1-2,4,6,8,12H,3,5,7,9-10H2,(H,22,26)(H,23,24). The number of aromatic nitrogens is 2. The van der Waals surface area contributed by atoms with Crippen LogP contribution in [0.3, 0.4) is 0 Å². The van der Waals surface area contributed by atoms with Crippen molar-refractivity contribution in [2.75, 3.05) is 13.1 Å². The van der Waals surface area contributed by atoms with Gasteiger partial charge in [-0.15, -0.1) is 0 Å². The van der Waals surface area contributed by atoms with Gasteiger partial charge in [-0.2, -0.15) is 18.3 Å². The Balaban J connectivity index is 1.59. The second-order valence-corrected chi connectivity index (χ2v) is 6.30. The molecule has 0 spiro atoms. The van der Waals surface area contributed by atoms with Crippen LogP contribution in [0.1, 0.15) is 34.6 Å². The van der Waals surface area contributed by atoms with E-state index in [1.165, 1.54) is 6.07 Å². The molecule has 0 bridgehead atoms. The van der Waals surface area contributed by atoms with Gasteiger partial charge in [-0.05, 0) is 25.5 Å². The van der Waals surface area contributed by atoms with Gasteiger partial charge in [-0.25, -0.2) is 4.39 Å². The number of hydrogen-bond donors (Lipinski definition) is 2. The predicted molar refractivity (Wildman–Crippen MR) is 85.8 cm³/mol. The van der Waals surface area contributed by atoms with Crippen molar-refractivity contribution in [2.24, 2.45) is 0 Å². The highest BCUT2D eigenvalue weighted by Gasteiger charge is 2.34. The molecule has 2 heterocycles. The Morgan fingerprint density at radius 2 is 2.12 bits per heavy atom. The Morgan fingerprint density at radius 3 is 2.81 bits per heavy atom. The number of nitrogens with one attached hydrogen (secondary N) is 2. The van der Waals surface area contributed by atoms with E-state index in [-0.39, 0.29) is 17.6 Å². The van der Waals surface area contributed by atoms with Crippen molar-refractivity contribution >= 4 is 5.91 Å². The molecule has 0 aliphatic carbocycles. The van der Waals surface area contributed by atoms with Gasteiger partial charge in [0.25, 0.3) is 5.91 Å². The lowest BCUT2D eigenvalue weighted by molar-refractivity contribution is -0.141. The Labute approximate surface area is 147 Å². The third-order valence-corrected chi connectivity index (χ3v) is 4.31. The number of benzene rings is 1. The molecular formula is C17H18F4N4O. The van der Waals surface area contributed by atoms with Crippen LogP contribution in [-0.2, 0) is 12.7 Å². The topological polar surface area (TPSA) is 61.0 Å². The molecule has 2 aromatic rings. The summed E-state index contributed by atoms with van der Waals surface area (Å²) in [6.45, 7) is 1.68. The van der Waals surface area contributed by atoms with E-state index in [2.05, 4.69) is 10.4 Å². The second-order valence-electron chi connectivity index (χ2n) is 6.30. The minimum absolute atomic E-state index is 0.228. The summed E-state index contributed by atoms with van der Waals surface area (Å²) in [6, 6.07) is 6.95. The van der Waals surface area contributed by atoms with E-state index in [1.54, 1.807) is 18.2 Å². The van der Waals surface area contributed by atoms with Crippen molar-refractivity contribution in [3.05, 3.63) is 53.1 Å².